The Hall–Kier alpha value is -3.20. The molecule has 22 heavy (non-hydrogen) atoms. The molecule has 110 valence electrons. The van der Waals surface area contributed by atoms with Crippen LogP contribution in [0.15, 0.2) is 48.7 Å². The van der Waals surface area contributed by atoms with Crippen LogP contribution in [-0.2, 0) is 11.2 Å². The van der Waals surface area contributed by atoms with Gasteiger partial charge < -0.3 is 10.4 Å². The van der Waals surface area contributed by atoms with E-state index in [-0.39, 0.29) is 12.1 Å². The molecule has 1 atom stereocenters. The lowest BCUT2D eigenvalue weighted by Crippen LogP contribution is -2.42. The molecule has 0 radical (unpaired) electrons. The fraction of sp³-hybridized carbons (Fsp3) is 0.125. The Balaban J connectivity index is 2.12. The second kappa shape index (κ2) is 6.99. The van der Waals surface area contributed by atoms with Crippen LogP contribution in [0.1, 0.15) is 21.6 Å². The minimum Gasteiger partial charge on any atom is -0.480 e. The summed E-state index contributed by atoms with van der Waals surface area (Å²) in [4.78, 5) is 27.2. The van der Waals surface area contributed by atoms with Crippen molar-refractivity contribution in [2.75, 3.05) is 0 Å². The van der Waals surface area contributed by atoms with Crippen LogP contribution < -0.4 is 5.32 Å². The highest BCUT2D eigenvalue weighted by Crippen LogP contribution is 2.08. The molecule has 2 N–H and O–H groups in total. The molecule has 2 aromatic rings. The summed E-state index contributed by atoms with van der Waals surface area (Å²) in [6.45, 7) is 0. The average molecular weight is 295 g/mol. The van der Waals surface area contributed by atoms with Gasteiger partial charge in [-0.2, -0.15) is 5.26 Å². The number of hydrogen-bond acceptors (Lipinski definition) is 4. The molecule has 6 heteroatoms. The maximum absolute atomic E-state index is 12.0. The summed E-state index contributed by atoms with van der Waals surface area (Å²) in [7, 11) is 0. The smallest absolute Gasteiger partial charge is 0.326 e. The summed E-state index contributed by atoms with van der Waals surface area (Å²) in [6.07, 6.45) is 1.55. The van der Waals surface area contributed by atoms with Crippen LogP contribution in [0.5, 0.6) is 0 Å². The van der Waals surface area contributed by atoms with Crippen LogP contribution in [0.4, 0.5) is 0 Å². The number of nitrogens with one attached hydrogen (secondary N) is 1. The van der Waals surface area contributed by atoms with Gasteiger partial charge in [-0.15, -0.1) is 0 Å². The van der Waals surface area contributed by atoms with Gasteiger partial charge in [0, 0.05) is 12.6 Å². The number of nitriles is 1. The number of amides is 1. The molecular weight excluding hydrogens is 282 g/mol. The number of hydrogen-bond donors (Lipinski definition) is 2. The molecule has 0 saturated carbocycles. The Bertz CT molecular complexity index is 723. The number of carbonyl (C=O) groups is 2. The zero-order chi connectivity index (χ0) is 15.9. The third-order valence-corrected chi connectivity index (χ3v) is 3.00. The quantitative estimate of drug-likeness (QED) is 0.867. The molecule has 0 aliphatic carbocycles. The lowest BCUT2D eigenvalue weighted by Gasteiger charge is -2.14. The van der Waals surface area contributed by atoms with Crippen molar-refractivity contribution in [3.63, 3.8) is 0 Å². The highest BCUT2D eigenvalue weighted by molar-refractivity contribution is 5.94. The Morgan fingerprint density at radius 3 is 2.73 bits per heavy atom. The van der Waals surface area contributed by atoms with Gasteiger partial charge in [-0.25, -0.2) is 4.79 Å². The van der Waals surface area contributed by atoms with E-state index in [1.54, 1.807) is 36.4 Å². The molecule has 6 nitrogen and oxygen atoms in total. The van der Waals surface area contributed by atoms with E-state index in [0.717, 1.165) is 0 Å². The Morgan fingerprint density at radius 1 is 1.27 bits per heavy atom. The predicted molar refractivity (Wildman–Crippen MR) is 78.0 cm³/mol. The number of benzene rings is 1. The van der Waals surface area contributed by atoms with Crippen molar-refractivity contribution in [2.24, 2.45) is 0 Å². The molecule has 0 fully saturated rings. The van der Waals surface area contributed by atoms with Gasteiger partial charge >= 0.3 is 5.97 Å². The van der Waals surface area contributed by atoms with Gasteiger partial charge in [-0.1, -0.05) is 18.2 Å². The predicted octanol–water partition coefficient (Wildman–Crippen LogP) is 1.38. The minimum absolute atomic E-state index is 0.0867. The summed E-state index contributed by atoms with van der Waals surface area (Å²) < 4.78 is 0. The lowest BCUT2D eigenvalue weighted by molar-refractivity contribution is -0.139. The number of aromatic nitrogens is 1. The Kier molecular flexibility index (Phi) is 4.83. The number of carboxylic acid groups (broad SMARTS) is 1. The molecular formula is C16H13N3O3. The van der Waals surface area contributed by atoms with Crippen molar-refractivity contribution in [1.29, 1.82) is 5.26 Å². The van der Waals surface area contributed by atoms with Crippen LogP contribution in [0.25, 0.3) is 0 Å². The molecule has 0 aliphatic heterocycles. The zero-order valence-electron chi connectivity index (χ0n) is 11.6. The summed E-state index contributed by atoms with van der Waals surface area (Å²) in [5.74, 6) is -1.70. The lowest BCUT2D eigenvalue weighted by atomic mass is 10.0. The molecule has 1 amide bonds. The first-order valence-electron chi connectivity index (χ1n) is 6.54. The van der Waals surface area contributed by atoms with Crippen molar-refractivity contribution in [3.05, 3.63) is 65.5 Å². The minimum atomic E-state index is -1.15. The monoisotopic (exact) mass is 295 g/mol. The number of nitrogens with zero attached hydrogens (tertiary/aromatic N) is 2. The maximum atomic E-state index is 12.0. The fourth-order valence-electron chi connectivity index (χ4n) is 1.93. The molecule has 2 rings (SSSR count). The largest absolute Gasteiger partial charge is 0.480 e. The van der Waals surface area contributed by atoms with Crippen LogP contribution >= 0.6 is 0 Å². The number of carboxylic acids is 1. The molecule has 0 saturated heterocycles. The zero-order valence-corrected chi connectivity index (χ0v) is 11.6. The normalized spacial score (nSPS) is 11.2. The van der Waals surface area contributed by atoms with E-state index in [9.17, 15) is 14.7 Å². The topological polar surface area (TPSA) is 103 Å². The second-order valence-electron chi connectivity index (χ2n) is 4.60. The molecule has 1 aromatic carbocycles. The summed E-state index contributed by atoms with van der Waals surface area (Å²) in [5, 5.41) is 20.5. The van der Waals surface area contributed by atoms with Crippen molar-refractivity contribution < 1.29 is 14.7 Å². The average Bonchev–Trinajstić information content (AvgIpc) is 2.55. The van der Waals surface area contributed by atoms with E-state index in [4.69, 9.17) is 5.26 Å². The van der Waals surface area contributed by atoms with E-state index in [2.05, 4.69) is 10.3 Å². The standard InChI is InChI=1S/C16H13N3O3/c17-10-12-5-3-4-11(8-12)9-14(16(21)22)19-15(20)13-6-1-2-7-18-13/h1-8,14H,9H2,(H,19,20)(H,21,22)/t14-/m0/s1. The van der Waals surface area contributed by atoms with Crippen LogP contribution in [0.2, 0.25) is 0 Å². The highest BCUT2D eigenvalue weighted by Gasteiger charge is 2.21. The van der Waals surface area contributed by atoms with Crippen LogP contribution in [0, 0.1) is 11.3 Å². The van der Waals surface area contributed by atoms with Gasteiger partial charge in [0.15, 0.2) is 0 Å². The molecule has 0 spiro atoms. The summed E-state index contributed by atoms with van der Waals surface area (Å²) >= 11 is 0. The first kappa shape index (κ1) is 15.2. The number of pyridine rings is 1. The summed E-state index contributed by atoms with van der Waals surface area (Å²) in [5.41, 5.74) is 1.25. The van der Waals surface area contributed by atoms with Crippen molar-refractivity contribution >= 4 is 11.9 Å². The number of carbonyl (C=O) groups excluding carboxylic acids is 1. The van der Waals surface area contributed by atoms with Gasteiger partial charge in [-0.05, 0) is 29.8 Å². The van der Waals surface area contributed by atoms with E-state index >= 15 is 0 Å². The van der Waals surface area contributed by atoms with Gasteiger partial charge in [0.1, 0.15) is 11.7 Å². The van der Waals surface area contributed by atoms with Gasteiger partial charge in [0.2, 0.25) is 0 Å². The molecule has 1 heterocycles. The van der Waals surface area contributed by atoms with Crippen LogP contribution in [0.3, 0.4) is 0 Å². The third-order valence-electron chi connectivity index (χ3n) is 3.00. The first-order valence-corrected chi connectivity index (χ1v) is 6.54. The molecule has 0 aliphatic rings. The first-order chi connectivity index (χ1) is 10.6. The third kappa shape index (κ3) is 3.90. The van der Waals surface area contributed by atoms with Gasteiger partial charge in [0.05, 0.1) is 11.6 Å². The second-order valence-corrected chi connectivity index (χ2v) is 4.60. The van der Waals surface area contributed by atoms with E-state index in [1.807, 2.05) is 6.07 Å². The van der Waals surface area contributed by atoms with Crippen molar-refractivity contribution in [2.45, 2.75) is 12.5 Å². The van der Waals surface area contributed by atoms with E-state index in [1.165, 1.54) is 12.3 Å². The summed E-state index contributed by atoms with van der Waals surface area (Å²) in [6, 6.07) is 12.3. The van der Waals surface area contributed by atoms with Gasteiger partial charge in [-0.3, -0.25) is 9.78 Å². The van der Waals surface area contributed by atoms with Gasteiger partial charge in [0.25, 0.3) is 5.91 Å². The van der Waals surface area contributed by atoms with Crippen LogP contribution in [-0.4, -0.2) is 28.0 Å². The molecule has 0 unspecified atom stereocenters. The molecule has 1 aromatic heterocycles. The van der Waals surface area contributed by atoms with Crippen molar-refractivity contribution in [3.8, 4) is 6.07 Å². The Labute approximate surface area is 127 Å². The highest BCUT2D eigenvalue weighted by atomic mass is 16.4. The number of aliphatic carboxylic acids is 1. The maximum Gasteiger partial charge on any atom is 0.326 e. The fourth-order valence-corrected chi connectivity index (χ4v) is 1.93. The number of rotatable bonds is 5. The molecule has 0 bridgehead atoms. The van der Waals surface area contributed by atoms with E-state index < -0.39 is 17.9 Å². The van der Waals surface area contributed by atoms with E-state index in [0.29, 0.717) is 11.1 Å². The Morgan fingerprint density at radius 2 is 2.09 bits per heavy atom. The SMILES string of the molecule is N#Cc1cccc(C[C@H](NC(=O)c2ccccn2)C(=O)O)c1. The van der Waals surface area contributed by atoms with Crippen molar-refractivity contribution in [1.82, 2.24) is 10.3 Å².